The monoisotopic (exact) mass is 299 g/mol. The molecule has 1 rings (SSSR count). The van der Waals surface area contributed by atoms with Gasteiger partial charge in [0.05, 0.1) is 6.04 Å². The van der Waals surface area contributed by atoms with E-state index in [4.69, 9.17) is 5.73 Å². The lowest BCUT2D eigenvalue weighted by molar-refractivity contribution is -0.129. The summed E-state index contributed by atoms with van der Waals surface area (Å²) in [6.45, 7) is 4.00. The summed E-state index contributed by atoms with van der Waals surface area (Å²) in [4.78, 5) is 23.3. The molecule has 0 bridgehead atoms. The highest BCUT2D eigenvalue weighted by molar-refractivity contribution is 5.89. The van der Waals surface area contributed by atoms with E-state index in [0.29, 0.717) is 13.0 Å². The van der Waals surface area contributed by atoms with Crippen LogP contribution in [0.5, 0.6) is 0 Å². The Bertz CT molecular complexity index is 426. The second kappa shape index (κ2) is 9.34. The van der Waals surface area contributed by atoms with Gasteiger partial charge in [0.1, 0.15) is 6.04 Å². The minimum absolute atomic E-state index is 0. The van der Waals surface area contributed by atoms with Gasteiger partial charge in [-0.3, -0.25) is 9.59 Å². The lowest BCUT2D eigenvalue weighted by Gasteiger charge is -2.17. The summed E-state index contributed by atoms with van der Waals surface area (Å²) in [5, 5.41) is 5.25. The number of halogens is 1. The van der Waals surface area contributed by atoms with Crippen LogP contribution in [0.25, 0.3) is 0 Å². The zero-order chi connectivity index (χ0) is 14.3. The predicted octanol–water partition coefficient (Wildman–Crippen LogP) is 0.619. The van der Waals surface area contributed by atoms with E-state index in [9.17, 15) is 9.59 Å². The van der Waals surface area contributed by atoms with Gasteiger partial charge in [-0.2, -0.15) is 0 Å². The standard InChI is InChI=1S/C14H21N3O2.ClH/c1-3-16-13(18)10(2)17-14(19)12(15)9-11-7-5-4-6-8-11;/h4-8,10,12H,3,9,15H2,1-2H3,(H,16,18)(H,17,19);1H. The Morgan fingerprint density at radius 2 is 1.80 bits per heavy atom. The number of nitrogens with two attached hydrogens (primary N) is 1. The fourth-order valence-electron chi connectivity index (χ4n) is 1.67. The van der Waals surface area contributed by atoms with Gasteiger partial charge in [0.15, 0.2) is 0 Å². The summed E-state index contributed by atoms with van der Waals surface area (Å²) >= 11 is 0. The third kappa shape index (κ3) is 6.04. The summed E-state index contributed by atoms with van der Waals surface area (Å²) in [5.74, 6) is -0.523. The Morgan fingerprint density at radius 1 is 1.20 bits per heavy atom. The summed E-state index contributed by atoms with van der Waals surface area (Å²) < 4.78 is 0. The quantitative estimate of drug-likeness (QED) is 0.720. The number of carbonyl (C=O) groups is 2. The molecule has 0 fully saturated rings. The topological polar surface area (TPSA) is 84.2 Å². The van der Waals surface area contributed by atoms with Crippen molar-refractivity contribution >= 4 is 24.2 Å². The predicted molar refractivity (Wildman–Crippen MR) is 81.7 cm³/mol. The van der Waals surface area contributed by atoms with Crippen molar-refractivity contribution in [3.05, 3.63) is 35.9 Å². The molecule has 1 aromatic carbocycles. The number of rotatable bonds is 6. The van der Waals surface area contributed by atoms with Gasteiger partial charge >= 0.3 is 0 Å². The van der Waals surface area contributed by atoms with E-state index in [-0.39, 0.29) is 24.2 Å². The van der Waals surface area contributed by atoms with Gasteiger partial charge in [-0.15, -0.1) is 12.4 Å². The van der Waals surface area contributed by atoms with Crippen molar-refractivity contribution in [2.45, 2.75) is 32.4 Å². The number of amides is 2. The zero-order valence-electron chi connectivity index (χ0n) is 11.8. The molecule has 6 heteroatoms. The van der Waals surface area contributed by atoms with Gasteiger partial charge in [0.2, 0.25) is 11.8 Å². The molecule has 0 heterocycles. The Kier molecular flexibility index (Phi) is 8.59. The lowest BCUT2D eigenvalue weighted by atomic mass is 10.1. The molecular weight excluding hydrogens is 278 g/mol. The van der Waals surface area contributed by atoms with Crippen LogP contribution in [0.4, 0.5) is 0 Å². The van der Waals surface area contributed by atoms with Crippen LogP contribution >= 0.6 is 12.4 Å². The van der Waals surface area contributed by atoms with E-state index in [1.54, 1.807) is 6.92 Å². The molecule has 0 aliphatic carbocycles. The van der Waals surface area contributed by atoms with Crippen LogP contribution in [0.1, 0.15) is 19.4 Å². The number of benzene rings is 1. The third-order valence-corrected chi connectivity index (χ3v) is 2.74. The Balaban J connectivity index is 0.00000361. The van der Waals surface area contributed by atoms with Crippen molar-refractivity contribution in [3.63, 3.8) is 0 Å². The summed E-state index contributed by atoms with van der Waals surface area (Å²) in [6.07, 6.45) is 0.453. The van der Waals surface area contributed by atoms with Crippen LogP contribution in [0.15, 0.2) is 30.3 Å². The largest absolute Gasteiger partial charge is 0.355 e. The van der Waals surface area contributed by atoms with Gasteiger partial charge in [0, 0.05) is 6.54 Å². The maximum absolute atomic E-state index is 11.9. The second-order valence-corrected chi connectivity index (χ2v) is 4.42. The fraction of sp³-hybridized carbons (Fsp3) is 0.429. The fourth-order valence-corrected chi connectivity index (χ4v) is 1.67. The van der Waals surface area contributed by atoms with Crippen LogP contribution in [0.2, 0.25) is 0 Å². The minimum Gasteiger partial charge on any atom is -0.355 e. The summed E-state index contributed by atoms with van der Waals surface area (Å²) in [7, 11) is 0. The van der Waals surface area contributed by atoms with E-state index in [1.165, 1.54) is 0 Å². The van der Waals surface area contributed by atoms with E-state index >= 15 is 0 Å². The van der Waals surface area contributed by atoms with Crippen LogP contribution < -0.4 is 16.4 Å². The summed E-state index contributed by atoms with van der Waals surface area (Å²) in [6, 6.07) is 8.31. The number of carbonyl (C=O) groups excluding carboxylic acids is 2. The van der Waals surface area contributed by atoms with Crippen molar-refractivity contribution in [2.75, 3.05) is 6.54 Å². The van der Waals surface area contributed by atoms with Gasteiger partial charge in [-0.1, -0.05) is 30.3 Å². The van der Waals surface area contributed by atoms with E-state index in [2.05, 4.69) is 10.6 Å². The lowest BCUT2D eigenvalue weighted by Crippen LogP contribution is -2.50. The molecular formula is C14H22ClN3O2. The average molecular weight is 300 g/mol. The number of likely N-dealkylation sites (N-methyl/N-ethyl adjacent to an activating group) is 1. The highest BCUT2D eigenvalue weighted by Crippen LogP contribution is 2.02. The molecule has 2 atom stereocenters. The van der Waals surface area contributed by atoms with Crippen molar-refractivity contribution in [2.24, 2.45) is 5.73 Å². The SMILES string of the molecule is CCNC(=O)C(C)NC(=O)C(N)Cc1ccccc1.Cl. The van der Waals surface area contributed by atoms with Crippen molar-refractivity contribution in [3.8, 4) is 0 Å². The molecule has 0 aliphatic rings. The second-order valence-electron chi connectivity index (χ2n) is 4.42. The first-order chi connectivity index (χ1) is 9.04. The molecule has 2 unspecified atom stereocenters. The number of nitrogens with one attached hydrogen (secondary N) is 2. The molecule has 112 valence electrons. The zero-order valence-corrected chi connectivity index (χ0v) is 12.6. The molecule has 0 aliphatic heterocycles. The maximum atomic E-state index is 11.9. The van der Waals surface area contributed by atoms with Crippen LogP contribution in [0.3, 0.4) is 0 Å². The molecule has 0 saturated carbocycles. The Labute approximate surface area is 125 Å². The Hall–Kier alpha value is -1.59. The van der Waals surface area contributed by atoms with E-state index < -0.39 is 12.1 Å². The molecule has 0 spiro atoms. The highest BCUT2D eigenvalue weighted by Gasteiger charge is 2.19. The van der Waals surface area contributed by atoms with Crippen LogP contribution in [0, 0.1) is 0 Å². The highest BCUT2D eigenvalue weighted by atomic mass is 35.5. The number of hydrogen-bond donors (Lipinski definition) is 3. The molecule has 5 nitrogen and oxygen atoms in total. The van der Waals surface area contributed by atoms with Crippen molar-refractivity contribution < 1.29 is 9.59 Å². The van der Waals surface area contributed by atoms with E-state index in [0.717, 1.165) is 5.56 Å². The molecule has 20 heavy (non-hydrogen) atoms. The molecule has 1 aromatic rings. The molecule has 0 saturated heterocycles. The van der Waals surface area contributed by atoms with Gasteiger partial charge < -0.3 is 16.4 Å². The average Bonchev–Trinajstić information content (AvgIpc) is 2.40. The third-order valence-electron chi connectivity index (χ3n) is 2.74. The Morgan fingerprint density at radius 3 is 2.35 bits per heavy atom. The van der Waals surface area contributed by atoms with E-state index in [1.807, 2.05) is 37.3 Å². The van der Waals surface area contributed by atoms with Crippen LogP contribution in [-0.4, -0.2) is 30.4 Å². The summed E-state index contributed by atoms with van der Waals surface area (Å²) in [5.41, 5.74) is 6.82. The maximum Gasteiger partial charge on any atom is 0.242 e. The van der Waals surface area contributed by atoms with Gasteiger partial charge in [-0.05, 0) is 25.8 Å². The van der Waals surface area contributed by atoms with Gasteiger partial charge in [-0.25, -0.2) is 0 Å². The first kappa shape index (κ1) is 18.4. The molecule has 4 N–H and O–H groups in total. The smallest absolute Gasteiger partial charge is 0.242 e. The minimum atomic E-state index is -0.653. The number of hydrogen-bond acceptors (Lipinski definition) is 3. The molecule has 0 aromatic heterocycles. The van der Waals surface area contributed by atoms with Crippen LogP contribution in [-0.2, 0) is 16.0 Å². The molecule has 0 radical (unpaired) electrons. The van der Waals surface area contributed by atoms with Gasteiger partial charge in [0.25, 0.3) is 0 Å². The molecule has 2 amide bonds. The van der Waals surface area contributed by atoms with Crippen molar-refractivity contribution in [1.82, 2.24) is 10.6 Å². The first-order valence-electron chi connectivity index (χ1n) is 6.42. The normalized spacial score (nSPS) is 12.8. The first-order valence-corrected chi connectivity index (χ1v) is 6.42. The van der Waals surface area contributed by atoms with Crippen molar-refractivity contribution in [1.29, 1.82) is 0 Å².